The first-order valence-corrected chi connectivity index (χ1v) is 5.72. The monoisotopic (exact) mass is 226 g/mol. The van der Waals surface area contributed by atoms with Gasteiger partial charge in [-0.3, -0.25) is 0 Å². The van der Waals surface area contributed by atoms with Gasteiger partial charge in [0.2, 0.25) is 0 Å². The summed E-state index contributed by atoms with van der Waals surface area (Å²) in [6.45, 7) is 3.73. The summed E-state index contributed by atoms with van der Waals surface area (Å²) in [6, 6.07) is 0. The molecule has 0 aromatic rings. The van der Waals surface area contributed by atoms with Gasteiger partial charge in [0, 0.05) is 11.1 Å². The summed E-state index contributed by atoms with van der Waals surface area (Å²) in [4.78, 5) is 22.7. The molecule has 0 amide bonds. The van der Waals surface area contributed by atoms with Crippen LogP contribution in [0.5, 0.6) is 0 Å². The second-order valence-corrected chi connectivity index (χ2v) is 4.09. The number of carbonyl (C=O) groups excluding carboxylic acids is 1. The molecule has 16 heavy (non-hydrogen) atoms. The first-order chi connectivity index (χ1) is 7.56. The highest BCUT2D eigenvalue weighted by atomic mass is 16.5. The van der Waals surface area contributed by atoms with Crippen LogP contribution in [0.4, 0.5) is 0 Å². The van der Waals surface area contributed by atoms with E-state index in [0.29, 0.717) is 18.4 Å². The predicted molar refractivity (Wildman–Crippen MR) is 59.0 cm³/mol. The number of hydrogen-bond acceptors (Lipinski definition) is 3. The van der Waals surface area contributed by atoms with Crippen molar-refractivity contribution in [2.75, 3.05) is 0 Å². The van der Waals surface area contributed by atoms with E-state index in [1.807, 2.05) is 13.8 Å². The second-order valence-electron chi connectivity index (χ2n) is 4.09. The van der Waals surface area contributed by atoms with Crippen molar-refractivity contribution in [3.63, 3.8) is 0 Å². The quantitative estimate of drug-likeness (QED) is 0.747. The Hall–Kier alpha value is -1.32. The molecule has 4 heteroatoms. The summed E-state index contributed by atoms with van der Waals surface area (Å²) in [5.41, 5.74) is 0.596. The average molecular weight is 226 g/mol. The Kier molecular flexibility index (Phi) is 4.52. The highest BCUT2D eigenvalue weighted by molar-refractivity contribution is 5.99. The molecule has 0 aromatic heterocycles. The smallest absolute Gasteiger partial charge is 0.334 e. The van der Waals surface area contributed by atoms with Crippen molar-refractivity contribution in [1.29, 1.82) is 0 Å². The van der Waals surface area contributed by atoms with Crippen LogP contribution in [0.25, 0.3) is 0 Å². The zero-order chi connectivity index (χ0) is 12.1. The van der Waals surface area contributed by atoms with Crippen LogP contribution in [-0.4, -0.2) is 23.1 Å². The van der Waals surface area contributed by atoms with E-state index in [1.165, 1.54) is 0 Å². The van der Waals surface area contributed by atoms with Crippen LogP contribution >= 0.6 is 0 Å². The Bertz CT molecular complexity index is 317. The van der Waals surface area contributed by atoms with Gasteiger partial charge >= 0.3 is 11.9 Å². The number of ether oxygens (including phenoxy) is 1. The minimum Gasteiger partial charge on any atom is -0.478 e. The Morgan fingerprint density at radius 1 is 1.31 bits per heavy atom. The number of esters is 1. The molecule has 0 radical (unpaired) electrons. The molecular formula is C12H18O4. The molecule has 0 aromatic carbocycles. The van der Waals surface area contributed by atoms with E-state index >= 15 is 0 Å². The Morgan fingerprint density at radius 2 is 1.88 bits per heavy atom. The lowest BCUT2D eigenvalue weighted by atomic mass is 9.92. The topological polar surface area (TPSA) is 63.6 Å². The van der Waals surface area contributed by atoms with Crippen molar-refractivity contribution in [2.45, 2.75) is 52.1 Å². The lowest BCUT2D eigenvalue weighted by molar-refractivity contribution is -0.144. The van der Waals surface area contributed by atoms with Gasteiger partial charge < -0.3 is 9.84 Å². The number of carboxylic acids is 1. The summed E-state index contributed by atoms with van der Waals surface area (Å²) in [6.07, 6.45) is 3.28. The van der Waals surface area contributed by atoms with Gasteiger partial charge in [-0.15, -0.1) is 0 Å². The number of carboxylic acid groups (broad SMARTS) is 1. The van der Waals surface area contributed by atoms with Crippen LogP contribution in [-0.2, 0) is 14.3 Å². The number of rotatable bonds is 4. The third-order valence-electron chi connectivity index (χ3n) is 2.86. The third kappa shape index (κ3) is 3.08. The fraction of sp³-hybridized carbons (Fsp3) is 0.667. The van der Waals surface area contributed by atoms with Gasteiger partial charge in [0.25, 0.3) is 0 Å². The van der Waals surface area contributed by atoms with Crippen LogP contribution in [0.15, 0.2) is 11.1 Å². The zero-order valence-electron chi connectivity index (χ0n) is 9.78. The molecule has 1 unspecified atom stereocenters. The zero-order valence-corrected chi connectivity index (χ0v) is 9.78. The maximum atomic E-state index is 11.7. The van der Waals surface area contributed by atoms with Crippen molar-refractivity contribution < 1.29 is 19.4 Å². The Morgan fingerprint density at radius 3 is 2.38 bits per heavy atom. The normalized spacial score (nSPS) is 18.1. The van der Waals surface area contributed by atoms with Gasteiger partial charge in [-0.2, -0.15) is 0 Å². The number of aliphatic carboxylic acids is 1. The van der Waals surface area contributed by atoms with Crippen LogP contribution in [0.3, 0.4) is 0 Å². The maximum Gasteiger partial charge on any atom is 0.334 e. The highest BCUT2D eigenvalue weighted by Crippen LogP contribution is 2.26. The van der Waals surface area contributed by atoms with Gasteiger partial charge in [-0.25, -0.2) is 9.59 Å². The van der Waals surface area contributed by atoms with E-state index in [0.717, 1.165) is 19.3 Å². The molecule has 1 atom stereocenters. The molecule has 0 bridgehead atoms. The average Bonchev–Trinajstić information content (AvgIpc) is 2.28. The van der Waals surface area contributed by atoms with Crippen LogP contribution in [0, 0.1) is 0 Å². The molecule has 1 aliphatic rings. The van der Waals surface area contributed by atoms with Crippen molar-refractivity contribution in [2.24, 2.45) is 0 Å². The maximum absolute atomic E-state index is 11.7. The largest absolute Gasteiger partial charge is 0.478 e. The molecule has 0 saturated heterocycles. The van der Waals surface area contributed by atoms with E-state index in [1.54, 1.807) is 0 Å². The van der Waals surface area contributed by atoms with Crippen LogP contribution < -0.4 is 0 Å². The van der Waals surface area contributed by atoms with Gasteiger partial charge in [-0.05, 0) is 39.0 Å². The SMILES string of the molecule is CCC(C)OC(=O)C1=C(C(=O)O)CCCC1. The van der Waals surface area contributed by atoms with Crippen molar-refractivity contribution >= 4 is 11.9 Å². The Labute approximate surface area is 95.3 Å². The number of carbonyl (C=O) groups is 2. The van der Waals surface area contributed by atoms with Crippen molar-refractivity contribution in [3.8, 4) is 0 Å². The van der Waals surface area contributed by atoms with Crippen molar-refractivity contribution in [3.05, 3.63) is 11.1 Å². The van der Waals surface area contributed by atoms with Gasteiger partial charge in [0.05, 0.1) is 6.10 Å². The molecule has 0 heterocycles. The summed E-state index contributed by atoms with van der Waals surface area (Å²) in [7, 11) is 0. The third-order valence-corrected chi connectivity index (χ3v) is 2.86. The van der Waals surface area contributed by atoms with E-state index in [2.05, 4.69) is 0 Å². The molecule has 1 rings (SSSR count). The first kappa shape index (κ1) is 12.7. The molecule has 0 fully saturated rings. The fourth-order valence-corrected chi connectivity index (χ4v) is 1.70. The fourth-order valence-electron chi connectivity index (χ4n) is 1.70. The summed E-state index contributed by atoms with van der Waals surface area (Å²) < 4.78 is 5.16. The standard InChI is InChI=1S/C12H18O4/c1-3-8(2)16-12(15)10-7-5-4-6-9(10)11(13)14/h8H,3-7H2,1-2H3,(H,13,14). The van der Waals surface area contributed by atoms with Crippen molar-refractivity contribution in [1.82, 2.24) is 0 Å². The molecule has 0 spiro atoms. The van der Waals surface area contributed by atoms with E-state index in [-0.39, 0.29) is 11.7 Å². The molecular weight excluding hydrogens is 208 g/mol. The summed E-state index contributed by atoms with van der Waals surface area (Å²) >= 11 is 0. The number of hydrogen-bond donors (Lipinski definition) is 1. The van der Waals surface area contributed by atoms with Gasteiger partial charge in [0.1, 0.15) is 0 Å². The van der Waals surface area contributed by atoms with Crippen LogP contribution in [0.2, 0.25) is 0 Å². The molecule has 1 aliphatic carbocycles. The Balaban J connectivity index is 2.81. The summed E-state index contributed by atoms with van der Waals surface area (Å²) in [5, 5.41) is 8.98. The van der Waals surface area contributed by atoms with E-state index < -0.39 is 11.9 Å². The predicted octanol–water partition coefficient (Wildman–Crippen LogP) is 2.28. The van der Waals surface area contributed by atoms with Crippen LogP contribution in [0.1, 0.15) is 46.0 Å². The molecule has 1 N–H and O–H groups in total. The van der Waals surface area contributed by atoms with E-state index in [4.69, 9.17) is 9.84 Å². The minimum absolute atomic E-state index is 0.156. The van der Waals surface area contributed by atoms with E-state index in [9.17, 15) is 9.59 Å². The lowest BCUT2D eigenvalue weighted by Crippen LogP contribution is -2.21. The molecule has 4 nitrogen and oxygen atoms in total. The molecule has 90 valence electrons. The first-order valence-electron chi connectivity index (χ1n) is 5.72. The molecule has 0 aliphatic heterocycles. The van der Waals surface area contributed by atoms with Gasteiger partial charge in [-0.1, -0.05) is 6.92 Å². The van der Waals surface area contributed by atoms with Gasteiger partial charge in [0.15, 0.2) is 0 Å². The lowest BCUT2D eigenvalue weighted by Gasteiger charge is -2.18. The minimum atomic E-state index is -0.990. The highest BCUT2D eigenvalue weighted by Gasteiger charge is 2.25. The summed E-state index contributed by atoms with van der Waals surface area (Å²) in [5.74, 6) is -1.44. The second kappa shape index (κ2) is 5.68. The molecule has 0 saturated carbocycles.